The second kappa shape index (κ2) is 24.8. The highest BCUT2D eigenvalue weighted by Gasteiger charge is 2.58. The molecular weight excluding hydrogens is 965 g/mol. The van der Waals surface area contributed by atoms with Crippen LogP contribution in [-0.2, 0) is 70.3 Å². The van der Waals surface area contributed by atoms with Gasteiger partial charge < -0.3 is 89.0 Å². The molecule has 400 valence electrons. The van der Waals surface area contributed by atoms with Crippen LogP contribution in [0.1, 0.15) is 74.1 Å². The summed E-state index contributed by atoms with van der Waals surface area (Å²) in [6, 6.07) is 20.7. The molecule has 22 heteroatoms. The van der Waals surface area contributed by atoms with Gasteiger partial charge in [0.05, 0.1) is 19.6 Å². The number of esters is 4. The van der Waals surface area contributed by atoms with Crippen molar-refractivity contribution in [2.24, 2.45) is 5.41 Å². The number of ether oxygens (including phenoxy) is 8. The molecule has 0 aromatic heterocycles. The van der Waals surface area contributed by atoms with Gasteiger partial charge in [0.15, 0.2) is 18.0 Å². The molecule has 0 aliphatic carbocycles. The highest BCUT2D eigenvalue weighted by Crippen LogP contribution is 2.42. The first-order chi connectivity index (χ1) is 34.6. The van der Waals surface area contributed by atoms with Crippen LogP contribution in [0.3, 0.4) is 0 Å². The third kappa shape index (κ3) is 13.5. The molecule has 0 unspecified atom stereocenters. The lowest BCUT2D eigenvalue weighted by Gasteiger charge is -2.48. The first kappa shape index (κ1) is 57.0. The Morgan fingerprint density at radius 3 is 1.58 bits per heavy atom. The van der Waals surface area contributed by atoms with Gasteiger partial charge in [0.2, 0.25) is 0 Å². The van der Waals surface area contributed by atoms with E-state index in [0.717, 1.165) is 13.0 Å². The topological polar surface area (TPSA) is 344 Å². The van der Waals surface area contributed by atoms with Crippen molar-refractivity contribution in [1.82, 2.24) is 0 Å². The Kier molecular flexibility index (Phi) is 19.4. The highest BCUT2D eigenvalue weighted by atomic mass is 16.7. The Hall–Kier alpha value is -5.28. The van der Waals surface area contributed by atoms with Crippen molar-refractivity contribution in [3.05, 3.63) is 113 Å². The SMILES string of the molecule is CC(=O)OC[C@H]1O[C@@H](O[C@](CC(=O)OCc2ccc([C@@H]3O[C@H](CO)[C@@H](O)[C@H](O)[C@H]3O)cc2)(C(=O)OCc2ccc([C@@H]3O[C@H](CO)[C@@H](O)[C@H](O)[C@H]3O)cc2)C(C)(C)C)[C@H](O)[C@@H](OC(=O)/C=C/c2ccccc2)[C@@H]1O. The van der Waals surface area contributed by atoms with E-state index in [2.05, 4.69) is 0 Å². The predicted octanol–water partition coefficient (Wildman–Crippen LogP) is -0.670. The van der Waals surface area contributed by atoms with Gasteiger partial charge in [-0.25, -0.2) is 9.59 Å². The van der Waals surface area contributed by atoms with Crippen molar-refractivity contribution in [2.75, 3.05) is 19.8 Å². The van der Waals surface area contributed by atoms with Crippen LogP contribution in [-0.4, -0.2) is 180 Å². The molecule has 73 heavy (non-hydrogen) atoms. The van der Waals surface area contributed by atoms with Crippen LogP contribution in [0.4, 0.5) is 0 Å². The molecular formula is C51H64O22. The van der Waals surface area contributed by atoms with Crippen LogP contribution in [0, 0.1) is 5.41 Å². The number of aliphatic hydroxyl groups is 10. The smallest absolute Gasteiger partial charge is 0.340 e. The normalized spacial score (nSPS) is 31.5. The monoisotopic (exact) mass is 1030 g/mol. The predicted molar refractivity (Wildman–Crippen MR) is 248 cm³/mol. The number of carbonyl (C=O) groups excluding carboxylic acids is 4. The fourth-order valence-corrected chi connectivity index (χ4v) is 8.53. The van der Waals surface area contributed by atoms with Crippen LogP contribution in [0.25, 0.3) is 6.08 Å². The zero-order chi connectivity index (χ0) is 53.4. The summed E-state index contributed by atoms with van der Waals surface area (Å²) in [6.45, 7) is 2.86. The van der Waals surface area contributed by atoms with Crippen molar-refractivity contribution >= 4 is 30.0 Å². The van der Waals surface area contributed by atoms with Crippen LogP contribution < -0.4 is 0 Å². The van der Waals surface area contributed by atoms with Gasteiger partial charge in [-0.1, -0.05) is 99.6 Å². The van der Waals surface area contributed by atoms with Gasteiger partial charge in [-0.3, -0.25) is 9.59 Å². The second-order valence-electron chi connectivity index (χ2n) is 19.1. The van der Waals surface area contributed by atoms with Crippen molar-refractivity contribution in [2.45, 2.75) is 145 Å². The summed E-state index contributed by atoms with van der Waals surface area (Å²) < 4.78 is 45.8. The molecule has 3 aromatic carbocycles. The number of carbonyl (C=O) groups is 4. The Balaban J connectivity index is 1.27. The van der Waals surface area contributed by atoms with E-state index in [9.17, 15) is 70.2 Å². The van der Waals surface area contributed by atoms with Gasteiger partial charge in [0.25, 0.3) is 0 Å². The molecule has 3 heterocycles. The number of hydrogen-bond donors (Lipinski definition) is 10. The second-order valence-corrected chi connectivity index (χ2v) is 19.1. The molecule has 0 saturated carbocycles. The van der Waals surface area contributed by atoms with Crippen molar-refractivity contribution in [1.29, 1.82) is 0 Å². The summed E-state index contributed by atoms with van der Waals surface area (Å²) in [5.74, 6) is -4.01. The minimum Gasteiger partial charge on any atom is -0.463 e. The summed E-state index contributed by atoms with van der Waals surface area (Å²) in [4.78, 5) is 54.0. The molecule has 22 nitrogen and oxygen atoms in total. The fraction of sp³-hybridized carbons (Fsp3) is 0.529. The zero-order valence-electron chi connectivity index (χ0n) is 40.4. The van der Waals surface area contributed by atoms with Crippen LogP contribution >= 0.6 is 0 Å². The van der Waals surface area contributed by atoms with Crippen molar-refractivity contribution in [3.63, 3.8) is 0 Å². The van der Waals surface area contributed by atoms with E-state index in [0.29, 0.717) is 27.8 Å². The molecule has 3 aromatic rings. The quantitative estimate of drug-likeness (QED) is 0.0429. The van der Waals surface area contributed by atoms with Crippen molar-refractivity contribution in [3.8, 4) is 0 Å². The molecule has 0 spiro atoms. The number of hydrogen-bond acceptors (Lipinski definition) is 22. The first-order valence-corrected chi connectivity index (χ1v) is 23.5. The van der Waals surface area contributed by atoms with Crippen LogP contribution in [0.2, 0.25) is 0 Å². The van der Waals surface area contributed by atoms with E-state index in [-0.39, 0.29) is 0 Å². The molecule has 0 amide bonds. The van der Waals surface area contributed by atoms with E-state index in [4.69, 9.17) is 37.9 Å². The third-order valence-corrected chi connectivity index (χ3v) is 13.0. The lowest BCUT2D eigenvalue weighted by atomic mass is 9.73. The molecule has 6 rings (SSSR count). The lowest BCUT2D eigenvalue weighted by molar-refractivity contribution is -0.336. The summed E-state index contributed by atoms with van der Waals surface area (Å²) in [6.07, 6.45) is -21.8. The van der Waals surface area contributed by atoms with Gasteiger partial charge in [-0.15, -0.1) is 0 Å². The maximum absolute atomic E-state index is 14.8. The van der Waals surface area contributed by atoms with Crippen LogP contribution in [0.5, 0.6) is 0 Å². The number of rotatable bonds is 18. The molecule has 3 fully saturated rings. The highest BCUT2D eigenvalue weighted by molar-refractivity contribution is 5.88. The Bertz CT molecular complexity index is 2320. The lowest BCUT2D eigenvalue weighted by Crippen LogP contribution is -2.65. The maximum Gasteiger partial charge on any atom is 0.340 e. The average Bonchev–Trinajstić information content (AvgIpc) is 3.37. The third-order valence-electron chi connectivity index (χ3n) is 13.0. The molecule has 0 radical (unpaired) electrons. The Morgan fingerprint density at radius 1 is 0.589 bits per heavy atom. The molecule has 3 aliphatic heterocycles. The first-order valence-electron chi connectivity index (χ1n) is 23.5. The Labute approximate surface area is 419 Å². The largest absolute Gasteiger partial charge is 0.463 e. The molecule has 3 aliphatic rings. The van der Waals surface area contributed by atoms with E-state index < -0.39 is 166 Å². The van der Waals surface area contributed by atoms with E-state index in [1.807, 2.05) is 0 Å². The summed E-state index contributed by atoms with van der Waals surface area (Å²) >= 11 is 0. The molecule has 3 saturated heterocycles. The summed E-state index contributed by atoms with van der Waals surface area (Å²) in [5, 5.41) is 105. The number of benzene rings is 3. The summed E-state index contributed by atoms with van der Waals surface area (Å²) in [7, 11) is 0. The van der Waals surface area contributed by atoms with Gasteiger partial charge in [0, 0.05) is 18.4 Å². The van der Waals surface area contributed by atoms with Crippen LogP contribution in [0.15, 0.2) is 84.9 Å². The van der Waals surface area contributed by atoms with E-state index >= 15 is 0 Å². The summed E-state index contributed by atoms with van der Waals surface area (Å²) in [5.41, 5.74) is -1.83. The molecule has 16 atom stereocenters. The van der Waals surface area contributed by atoms with Gasteiger partial charge in [0.1, 0.15) is 99.2 Å². The zero-order valence-corrected chi connectivity index (χ0v) is 40.4. The average molecular weight is 1030 g/mol. The van der Waals surface area contributed by atoms with Gasteiger partial charge in [-0.05, 0) is 33.9 Å². The maximum atomic E-state index is 14.8. The fourth-order valence-electron chi connectivity index (χ4n) is 8.53. The van der Waals surface area contributed by atoms with E-state index in [1.54, 1.807) is 30.3 Å². The minimum absolute atomic E-state index is 0.338. The standard InChI is InChI=1S/C51H64O22/c1-26(54)66-25-34-39(59)47(72-35(55)19-14-27-8-6-5-7-9-27)44(64)48(71-34)73-51(50(2,3)4,49(65)68-24-29-12-17-31(18-13-29)46-43(63)41(61)38(58)33(22-53)70-46)20-36(56)67-23-28-10-15-30(16-11-28)45-42(62)40(60)37(57)32(21-52)69-45/h5-19,32-34,37-48,52-53,57-64H,20-25H2,1-4H3/b19-14+/t32-,33-,34-,37-,38-,39-,40+,41+,42-,43-,44-,45+,46+,47+,48+,51-/m1/s1. The molecule has 0 bridgehead atoms. The minimum atomic E-state index is -2.45. The number of aliphatic hydroxyl groups excluding tert-OH is 10. The van der Waals surface area contributed by atoms with Gasteiger partial charge in [-0.2, -0.15) is 0 Å². The van der Waals surface area contributed by atoms with Gasteiger partial charge >= 0.3 is 23.9 Å². The van der Waals surface area contributed by atoms with E-state index in [1.165, 1.54) is 75.4 Å². The molecule has 10 N–H and O–H groups in total. The Morgan fingerprint density at radius 2 is 1.10 bits per heavy atom. The van der Waals surface area contributed by atoms with Crippen molar-refractivity contribution < 1.29 is 108 Å².